The van der Waals surface area contributed by atoms with E-state index in [0.717, 1.165) is 44.9 Å². The third-order valence-electron chi connectivity index (χ3n) is 4.22. The fraction of sp³-hybridized carbons (Fsp3) is 0.889. The van der Waals surface area contributed by atoms with Crippen LogP contribution >= 0.6 is 0 Å². The molecular weight excluding hydrogens is 294 g/mol. The minimum Gasteiger partial charge on any atom is -0.481 e. The van der Waals surface area contributed by atoms with E-state index in [9.17, 15) is 9.59 Å². The summed E-state index contributed by atoms with van der Waals surface area (Å²) in [4.78, 5) is 22.4. The Kier molecular flexibility index (Phi) is 7.52. The molecule has 0 spiro atoms. The van der Waals surface area contributed by atoms with Crippen molar-refractivity contribution in [2.75, 3.05) is 0 Å². The van der Waals surface area contributed by atoms with E-state index in [4.69, 9.17) is 9.84 Å². The van der Waals surface area contributed by atoms with Crippen LogP contribution in [0.5, 0.6) is 0 Å². The summed E-state index contributed by atoms with van der Waals surface area (Å²) in [7, 11) is 0. The largest absolute Gasteiger partial charge is 0.481 e. The van der Waals surface area contributed by atoms with Crippen molar-refractivity contribution in [3.05, 3.63) is 0 Å². The van der Waals surface area contributed by atoms with Gasteiger partial charge in [-0.25, -0.2) is 0 Å². The van der Waals surface area contributed by atoms with Gasteiger partial charge >= 0.3 is 11.9 Å². The molecule has 1 aliphatic heterocycles. The van der Waals surface area contributed by atoms with Crippen molar-refractivity contribution in [3.63, 3.8) is 0 Å². The molecule has 5 nitrogen and oxygen atoms in total. The van der Waals surface area contributed by atoms with E-state index in [2.05, 4.69) is 33.0 Å². The Morgan fingerprint density at radius 2 is 1.43 bits per heavy atom. The summed E-state index contributed by atoms with van der Waals surface area (Å²) >= 11 is 0. The van der Waals surface area contributed by atoms with Crippen molar-refractivity contribution in [2.24, 2.45) is 0 Å². The molecule has 0 amide bonds. The van der Waals surface area contributed by atoms with Crippen molar-refractivity contribution in [1.82, 2.24) is 5.32 Å². The fourth-order valence-electron chi connectivity index (χ4n) is 3.63. The SMILES string of the molecule is CC1(C)CC(OC(=O)CCCCCCCC(=O)O)CC(C)(C)N1. The molecule has 1 heterocycles. The molecule has 0 radical (unpaired) electrons. The first-order valence-electron chi connectivity index (χ1n) is 8.80. The van der Waals surface area contributed by atoms with Crippen LogP contribution in [-0.2, 0) is 14.3 Å². The number of unbranched alkanes of at least 4 members (excludes halogenated alkanes) is 4. The quantitative estimate of drug-likeness (QED) is 0.499. The van der Waals surface area contributed by atoms with Gasteiger partial charge in [0.05, 0.1) is 0 Å². The molecule has 134 valence electrons. The Labute approximate surface area is 140 Å². The third kappa shape index (κ3) is 8.94. The van der Waals surface area contributed by atoms with E-state index in [0.29, 0.717) is 6.42 Å². The van der Waals surface area contributed by atoms with Gasteiger partial charge in [0.15, 0.2) is 0 Å². The number of carbonyl (C=O) groups is 2. The van der Waals surface area contributed by atoms with Gasteiger partial charge in [0.25, 0.3) is 0 Å². The number of aliphatic carboxylic acids is 1. The number of hydrogen-bond donors (Lipinski definition) is 2. The number of nitrogens with one attached hydrogen (secondary N) is 1. The number of ether oxygens (including phenoxy) is 1. The molecule has 2 N–H and O–H groups in total. The van der Waals surface area contributed by atoms with Crippen molar-refractivity contribution >= 4 is 11.9 Å². The predicted octanol–water partition coefficient (Wildman–Crippen LogP) is 3.65. The topological polar surface area (TPSA) is 75.6 Å². The Hall–Kier alpha value is -1.10. The van der Waals surface area contributed by atoms with Gasteiger partial charge in [-0.15, -0.1) is 0 Å². The third-order valence-corrected chi connectivity index (χ3v) is 4.22. The summed E-state index contributed by atoms with van der Waals surface area (Å²) in [6, 6.07) is 0. The lowest BCUT2D eigenvalue weighted by Gasteiger charge is -2.45. The van der Waals surface area contributed by atoms with E-state index in [1.54, 1.807) is 0 Å². The molecule has 0 aromatic heterocycles. The minimum absolute atomic E-state index is 0.00989. The molecule has 0 bridgehead atoms. The van der Waals surface area contributed by atoms with E-state index < -0.39 is 5.97 Å². The summed E-state index contributed by atoms with van der Waals surface area (Å²) in [6.07, 6.45) is 6.78. The number of esters is 1. The lowest BCUT2D eigenvalue weighted by molar-refractivity contribution is -0.153. The number of hydrogen-bond acceptors (Lipinski definition) is 4. The number of piperidine rings is 1. The predicted molar refractivity (Wildman–Crippen MR) is 90.4 cm³/mol. The smallest absolute Gasteiger partial charge is 0.306 e. The van der Waals surface area contributed by atoms with Gasteiger partial charge in [0, 0.05) is 36.8 Å². The zero-order chi connectivity index (χ0) is 17.5. The molecule has 1 fully saturated rings. The fourth-order valence-corrected chi connectivity index (χ4v) is 3.63. The Balaban J connectivity index is 2.17. The molecule has 1 saturated heterocycles. The Bertz CT molecular complexity index is 388. The summed E-state index contributed by atoms with van der Waals surface area (Å²) in [5, 5.41) is 12.1. The molecule has 1 rings (SSSR count). The van der Waals surface area contributed by atoms with Gasteiger partial charge in [-0.1, -0.05) is 19.3 Å². The van der Waals surface area contributed by atoms with E-state index in [1.165, 1.54) is 0 Å². The van der Waals surface area contributed by atoms with Gasteiger partial charge in [-0.2, -0.15) is 0 Å². The van der Waals surface area contributed by atoms with E-state index in [-0.39, 0.29) is 29.6 Å². The highest BCUT2D eigenvalue weighted by molar-refractivity contribution is 5.69. The average molecular weight is 327 g/mol. The second-order valence-electron chi connectivity index (χ2n) is 8.07. The highest BCUT2D eigenvalue weighted by atomic mass is 16.5. The van der Waals surface area contributed by atoms with Crippen molar-refractivity contribution in [1.29, 1.82) is 0 Å². The lowest BCUT2D eigenvalue weighted by atomic mass is 9.81. The summed E-state index contributed by atoms with van der Waals surface area (Å²) < 4.78 is 5.67. The molecule has 0 unspecified atom stereocenters. The number of rotatable bonds is 9. The molecule has 0 aromatic rings. The monoisotopic (exact) mass is 327 g/mol. The molecule has 1 aliphatic rings. The van der Waals surface area contributed by atoms with Crippen LogP contribution in [-0.4, -0.2) is 34.2 Å². The molecule has 5 heteroatoms. The maximum atomic E-state index is 12.0. The van der Waals surface area contributed by atoms with Crippen LogP contribution in [0.15, 0.2) is 0 Å². The number of carbonyl (C=O) groups excluding carboxylic acids is 1. The van der Waals surface area contributed by atoms with Crippen molar-refractivity contribution in [3.8, 4) is 0 Å². The maximum Gasteiger partial charge on any atom is 0.306 e. The molecular formula is C18H33NO4. The average Bonchev–Trinajstić information content (AvgIpc) is 2.33. The highest BCUT2D eigenvalue weighted by Gasteiger charge is 2.39. The van der Waals surface area contributed by atoms with Crippen molar-refractivity contribution < 1.29 is 19.4 Å². The molecule has 0 atom stereocenters. The summed E-state index contributed by atoms with van der Waals surface area (Å²) in [5.74, 6) is -0.838. The number of carboxylic acids is 1. The van der Waals surface area contributed by atoms with Gasteiger partial charge < -0.3 is 15.2 Å². The van der Waals surface area contributed by atoms with Gasteiger partial charge in [-0.05, 0) is 40.5 Å². The van der Waals surface area contributed by atoms with Crippen LogP contribution in [0.2, 0.25) is 0 Å². The van der Waals surface area contributed by atoms with Gasteiger partial charge in [0.1, 0.15) is 6.10 Å². The summed E-state index contributed by atoms with van der Waals surface area (Å²) in [6.45, 7) is 8.58. The van der Waals surface area contributed by atoms with Gasteiger partial charge in [-0.3, -0.25) is 9.59 Å². The highest BCUT2D eigenvalue weighted by Crippen LogP contribution is 2.30. The maximum absolute atomic E-state index is 12.0. The molecule has 0 aliphatic carbocycles. The first-order valence-corrected chi connectivity index (χ1v) is 8.80. The number of carboxylic acid groups (broad SMARTS) is 1. The first-order chi connectivity index (χ1) is 10.6. The first kappa shape index (κ1) is 19.9. The van der Waals surface area contributed by atoms with Crippen LogP contribution in [0.25, 0.3) is 0 Å². The van der Waals surface area contributed by atoms with E-state index >= 15 is 0 Å². The zero-order valence-corrected chi connectivity index (χ0v) is 15.1. The van der Waals surface area contributed by atoms with Crippen molar-refractivity contribution in [2.45, 2.75) is 103 Å². The lowest BCUT2D eigenvalue weighted by Crippen LogP contribution is -2.59. The van der Waals surface area contributed by atoms with Crippen LogP contribution in [0.4, 0.5) is 0 Å². The minimum atomic E-state index is -0.735. The van der Waals surface area contributed by atoms with Crippen LogP contribution < -0.4 is 5.32 Å². The molecule has 0 saturated carbocycles. The Morgan fingerprint density at radius 3 is 1.96 bits per heavy atom. The standard InChI is InChI=1S/C18H33NO4/c1-17(2)12-14(13-18(3,4)19-17)23-16(22)11-9-7-5-6-8-10-15(20)21/h14,19H,5-13H2,1-4H3,(H,20,21). The molecule has 23 heavy (non-hydrogen) atoms. The second kappa shape index (κ2) is 8.67. The summed E-state index contributed by atoms with van der Waals surface area (Å²) in [5.41, 5.74) is -0.0341. The normalized spacial score (nSPS) is 20.2. The van der Waals surface area contributed by atoms with Gasteiger partial charge in [0.2, 0.25) is 0 Å². The van der Waals surface area contributed by atoms with E-state index in [1.807, 2.05) is 0 Å². The Morgan fingerprint density at radius 1 is 0.957 bits per heavy atom. The van der Waals surface area contributed by atoms with Crippen LogP contribution in [0.3, 0.4) is 0 Å². The second-order valence-corrected chi connectivity index (χ2v) is 8.07. The van der Waals surface area contributed by atoms with Crippen LogP contribution in [0.1, 0.15) is 85.5 Å². The molecule has 0 aromatic carbocycles. The zero-order valence-electron chi connectivity index (χ0n) is 15.1. The van der Waals surface area contributed by atoms with Crippen LogP contribution in [0, 0.1) is 0 Å².